The fourth-order valence-electron chi connectivity index (χ4n) is 2.87. The average Bonchev–Trinajstić information content (AvgIpc) is 3.16. The number of rotatable bonds is 5. The van der Waals surface area contributed by atoms with Gasteiger partial charge in [0.1, 0.15) is 24.0 Å². The van der Waals surface area contributed by atoms with Crippen molar-refractivity contribution in [2.24, 2.45) is 0 Å². The summed E-state index contributed by atoms with van der Waals surface area (Å²) in [5, 5.41) is 3.90. The van der Waals surface area contributed by atoms with Crippen molar-refractivity contribution in [3.8, 4) is 11.5 Å². The van der Waals surface area contributed by atoms with Crippen LogP contribution in [0.5, 0.6) is 11.5 Å². The lowest BCUT2D eigenvalue weighted by Crippen LogP contribution is -2.15. The quantitative estimate of drug-likeness (QED) is 0.753. The summed E-state index contributed by atoms with van der Waals surface area (Å²) >= 11 is 0. The van der Waals surface area contributed by atoms with Crippen LogP contribution >= 0.6 is 0 Å². The molecule has 0 bridgehead atoms. The molecule has 3 aromatic rings. The third-order valence-corrected chi connectivity index (χ3v) is 4.22. The molecule has 0 saturated carbocycles. The Labute approximate surface area is 149 Å². The summed E-state index contributed by atoms with van der Waals surface area (Å²) in [6.07, 6.45) is 2.42. The number of fused-ring (bicyclic) bond motifs is 1. The van der Waals surface area contributed by atoms with E-state index in [-0.39, 0.29) is 11.9 Å². The van der Waals surface area contributed by atoms with Gasteiger partial charge in [0.05, 0.1) is 25.8 Å². The predicted octanol–water partition coefficient (Wildman–Crippen LogP) is 3.69. The Kier molecular flexibility index (Phi) is 4.53. The van der Waals surface area contributed by atoms with Gasteiger partial charge >= 0.3 is 0 Å². The van der Waals surface area contributed by atoms with Crippen LogP contribution in [0.2, 0.25) is 0 Å². The van der Waals surface area contributed by atoms with Crippen molar-refractivity contribution in [3.05, 3.63) is 48.5 Å². The molecule has 0 radical (unpaired) electrons. The molecule has 2 aromatic carbocycles. The summed E-state index contributed by atoms with van der Waals surface area (Å²) in [6.45, 7) is 1.38. The Balaban J connectivity index is 1.56. The molecule has 1 aromatic heterocycles. The minimum Gasteiger partial charge on any atom is -0.494 e. The van der Waals surface area contributed by atoms with Gasteiger partial charge in [-0.15, -0.1) is 0 Å². The van der Waals surface area contributed by atoms with Gasteiger partial charge in [-0.1, -0.05) is 0 Å². The number of methoxy groups -OCH3 is 1. The van der Waals surface area contributed by atoms with Gasteiger partial charge in [0, 0.05) is 23.6 Å². The summed E-state index contributed by atoms with van der Waals surface area (Å²) in [5.41, 5.74) is 1.34. The molecule has 26 heavy (non-hydrogen) atoms. The molecule has 134 valence electrons. The van der Waals surface area contributed by atoms with E-state index in [1.165, 1.54) is 19.5 Å². The van der Waals surface area contributed by atoms with Gasteiger partial charge in [-0.25, -0.2) is 14.4 Å². The van der Waals surface area contributed by atoms with Crippen LogP contribution in [0.4, 0.5) is 15.9 Å². The summed E-state index contributed by atoms with van der Waals surface area (Å²) in [5.74, 6) is 1.06. The first kappa shape index (κ1) is 16.5. The topological polar surface area (TPSA) is 65.5 Å². The summed E-state index contributed by atoms with van der Waals surface area (Å²) in [6, 6.07) is 10.5. The zero-order valence-corrected chi connectivity index (χ0v) is 14.2. The number of ether oxygens (including phenoxy) is 3. The van der Waals surface area contributed by atoms with Crippen molar-refractivity contribution in [3.63, 3.8) is 0 Å². The highest BCUT2D eigenvalue weighted by molar-refractivity contribution is 5.91. The lowest BCUT2D eigenvalue weighted by molar-refractivity contribution is 0.141. The molecule has 7 heteroatoms. The second-order valence-electron chi connectivity index (χ2n) is 5.98. The molecule has 1 unspecified atom stereocenters. The molecule has 1 fully saturated rings. The van der Waals surface area contributed by atoms with Gasteiger partial charge in [0.2, 0.25) is 0 Å². The number of aromatic nitrogens is 2. The minimum atomic E-state index is -0.456. The first-order valence-electron chi connectivity index (χ1n) is 8.32. The Bertz CT molecular complexity index is 912. The monoisotopic (exact) mass is 355 g/mol. The second-order valence-corrected chi connectivity index (χ2v) is 5.98. The third kappa shape index (κ3) is 3.39. The van der Waals surface area contributed by atoms with E-state index in [4.69, 9.17) is 14.2 Å². The van der Waals surface area contributed by atoms with E-state index in [9.17, 15) is 4.39 Å². The van der Waals surface area contributed by atoms with E-state index in [2.05, 4.69) is 15.3 Å². The third-order valence-electron chi connectivity index (χ3n) is 4.22. The van der Waals surface area contributed by atoms with Crippen LogP contribution in [0, 0.1) is 5.82 Å². The van der Waals surface area contributed by atoms with E-state index in [0.717, 1.165) is 24.5 Å². The zero-order chi connectivity index (χ0) is 17.9. The Morgan fingerprint density at radius 1 is 1.19 bits per heavy atom. The van der Waals surface area contributed by atoms with Crippen LogP contribution in [-0.2, 0) is 4.74 Å². The molecule has 2 heterocycles. The fourth-order valence-corrected chi connectivity index (χ4v) is 2.87. The SMILES string of the molecule is COc1cc2c(Nc3ccc(OC4CCOC4)cc3)ncnc2cc1F. The van der Waals surface area contributed by atoms with Gasteiger partial charge in [-0.3, -0.25) is 0 Å². The van der Waals surface area contributed by atoms with Crippen molar-refractivity contribution in [1.82, 2.24) is 9.97 Å². The molecule has 1 aliphatic rings. The summed E-state index contributed by atoms with van der Waals surface area (Å²) in [4.78, 5) is 8.38. The second kappa shape index (κ2) is 7.13. The molecular formula is C19H18FN3O3. The predicted molar refractivity (Wildman–Crippen MR) is 95.6 cm³/mol. The highest BCUT2D eigenvalue weighted by atomic mass is 19.1. The molecule has 0 amide bonds. The van der Waals surface area contributed by atoms with Crippen molar-refractivity contribution in [2.45, 2.75) is 12.5 Å². The van der Waals surface area contributed by atoms with Crippen molar-refractivity contribution in [1.29, 1.82) is 0 Å². The molecule has 0 aliphatic carbocycles. The number of nitrogens with one attached hydrogen (secondary N) is 1. The maximum atomic E-state index is 13.9. The number of nitrogens with zero attached hydrogens (tertiary/aromatic N) is 2. The fraction of sp³-hybridized carbons (Fsp3) is 0.263. The maximum absolute atomic E-state index is 13.9. The molecule has 1 saturated heterocycles. The van der Waals surface area contributed by atoms with Crippen molar-refractivity contribution < 1.29 is 18.6 Å². The molecular weight excluding hydrogens is 337 g/mol. The van der Waals surface area contributed by atoms with E-state index in [1.807, 2.05) is 24.3 Å². The Morgan fingerprint density at radius 3 is 2.77 bits per heavy atom. The molecule has 6 nitrogen and oxygen atoms in total. The molecule has 4 rings (SSSR count). The van der Waals surface area contributed by atoms with Gasteiger partial charge in [-0.2, -0.15) is 0 Å². The Hall–Kier alpha value is -2.93. The highest BCUT2D eigenvalue weighted by Gasteiger charge is 2.17. The molecule has 1 aliphatic heterocycles. The summed E-state index contributed by atoms with van der Waals surface area (Å²) < 4.78 is 30.1. The van der Waals surface area contributed by atoms with Crippen molar-refractivity contribution in [2.75, 3.05) is 25.6 Å². The first-order chi connectivity index (χ1) is 12.7. The zero-order valence-electron chi connectivity index (χ0n) is 14.2. The van der Waals surface area contributed by atoms with Crippen LogP contribution in [-0.4, -0.2) is 36.4 Å². The first-order valence-corrected chi connectivity index (χ1v) is 8.32. The number of hydrogen-bond donors (Lipinski definition) is 1. The number of hydrogen-bond acceptors (Lipinski definition) is 6. The van der Waals surface area contributed by atoms with Gasteiger partial charge < -0.3 is 19.5 Å². The Morgan fingerprint density at radius 2 is 2.04 bits per heavy atom. The largest absolute Gasteiger partial charge is 0.494 e. The van der Waals surface area contributed by atoms with Crippen LogP contribution < -0.4 is 14.8 Å². The molecule has 1 N–H and O–H groups in total. The minimum absolute atomic E-state index is 0.113. The van der Waals surface area contributed by atoms with Crippen molar-refractivity contribution >= 4 is 22.4 Å². The van der Waals surface area contributed by atoms with E-state index in [1.54, 1.807) is 6.07 Å². The van der Waals surface area contributed by atoms with E-state index in [0.29, 0.717) is 23.3 Å². The normalized spacial score (nSPS) is 16.6. The van der Waals surface area contributed by atoms with Crippen LogP contribution in [0.3, 0.4) is 0 Å². The van der Waals surface area contributed by atoms with Crippen LogP contribution in [0.25, 0.3) is 10.9 Å². The lowest BCUT2D eigenvalue weighted by Gasteiger charge is -2.13. The lowest BCUT2D eigenvalue weighted by atomic mass is 10.2. The highest BCUT2D eigenvalue weighted by Crippen LogP contribution is 2.29. The van der Waals surface area contributed by atoms with Crippen LogP contribution in [0.1, 0.15) is 6.42 Å². The number of anilines is 2. The molecule has 0 spiro atoms. The summed E-state index contributed by atoms with van der Waals surface area (Å²) in [7, 11) is 1.43. The number of benzene rings is 2. The van der Waals surface area contributed by atoms with Gasteiger partial charge in [0.25, 0.3) is 0 Å². The smallest absolute Gasteiger partial charge is 0.167 e. The van der Waals surface area contributed by atoms with Gasteiger partial charge in [0.15, 0.2) is 11.6 Å². The van der Waals surface area contributed by atoms with Gasteiger partial charge in [-0.05, 0) is 30.3 Å². The maximum Gasteiger partial charge on any atom is 0.167 e. The van der Waals surface area contributed by atoms with Crippen LogP contribution in [0.15, 0.2) is 42.7 Å². The number of halogens is 1. The van der Waals surface area contributed by atoms with E-state index >= 15 is 0 Å². The molecule has 1 atom stereocenters. The standard InChI is InChI=1S/C19H18FN3O3/c1-24-18-8-15-17(9-16(18)20)21-11-22-19(15)23-12-2-4-13(5-3-12)26-14-6-7-25-10-14/h2-5,8-9,11,14H,6-7,10H2,1H3,(H,21,22,23). The average molecular weight is 355 g/mol. The van der Waals surface area contributed by atoms with E-state index < -0.39 is 5.82 Å².